The number of amides is 8. The number of nitrogens with two attached hydrogens (primary N) is 4. The molecule has 3 fully saturated rings. The summed E-state index contributed by atoms with van der Waals surface area (Å²) in [6.45, 7) is 12.9. The molecule has 3 aliphatic heterocycles. The Bertz CT molecular complexity index is 6160. The van der Waals surface area contributed by atoms with E-state index in [-0.39, 0.29) is 48.9 Å². The number of nitrogens with zero attached hydrogens (tertiary/aromatic N) is 16. The third kappa shape index (κ3) is 20.1. The number of urea groups is 4. The summed E-state index contributed by atoms with van der Waals surface area (Å²) in [4.78, 5) is 83.5. The summed E-state index contributed by atoms with van der Waals surface area (Å²) < 4.78 is 18.5. The van der Waals surface area contributed by atoms with Crippen molar-refractivity contribution in [1.82, 2.24) is 84.3 Å². The average molecular weight is 1700 g/mol. The fraction of sp³-hybridized carbons (Fsp3) is 0.209. The van der Waals surface area contributed by atoms with Crippen molar-refractivity contribution in [3.05, 3.63) is 242 Å². The molecule has 0 radical (unpaired) electrons. The van der Waals surface area contributed by atoms with Crippen LogP contribution in [-0.2, 0) is 16.0 Å². The maximum atomic E-state index is 12.3. The monoisotopic (exact) mass is 1700 g/mol. The Kier molecular flexibility index (Phi) is 25.8. The number of nitrogen functional groups attached to an aromatic ring is 4. The molecule has 0 aliphatic carbocycles. The van der Waals surface area contributed by atoms with E-state index in [0.717, 1.165) is 127 Å². The Morgan fingerprint density at radius 1 is 0.370 bits per heavy atom. The van der Waals surface area contributed by atoms with Gasteiger partial charge in [-0.05, 0) is 179 Å². The third-order valence-corrected chi connectivity index (χ3v) is 21.3. The summed E-state index contributed by atoms with van der Waals surface area (Å²) in [7, 11) is 0. The van der Waals surface area contributed by atoms with Crippen LogP contribution in [0.3, 0.4) is 0 Å². The van der Waals surface area contributed by atoms with Gasteiger partial charge in [0, 0.05) is 101 Å². The van der Waals surface area contributed by atoms with E-state index >= 15 is 0 Å². The topological polar surface area (TPSA) is 494 Å². The highest BCUT2D eigenvalue weighted by molar-refractivity contribution is 6.06. The van der Waals surface area contributed by atoms with E-state index in [9.17, 15) is 19.2 Å². The normalized spacial score (nSPS) is 14.5. The van der Waals surface area contributed by atoms with Crippen molar-refractivity contribution in [2.75, 3.05) is 112 Å². The van der Waals surface area contributed by atoms with Gasteiger partial charge in [-0.15, -0.1) is 0 Å². The molecule has 127 heavy (non-hydrogen) atoms. The molecule has 0 saturated carbocycles. The van der Waals surface area contributed by atoms with Crippen LogP contribution in [0.4, 0.5) is 87.9 Å². The predicted octanol–water partition coefficient (Wildman–Crippen LogP) is 15.0. The number of carbonyl (C=O) groups excluding carboxylic acids is 4. The fourth-order valence-electron chi connectivity index (χ4n) is 15.2. The Labute approximate surface area is 727 Å². The molecule has 8 aromatic carbocycles. The SMILES string of the molecule is Cc1cccc(NC(=O)Nc2ccc(-c3nn(C4CCOC4)c4ncnc(N)c34)cc2)c1.Cc1cccc(NC(=O)Nc2ccc(-c3nn(CCCO)c4ncnc(N)c34)cc2)c1.Cc1cccc(NC(=O)Nc2ccc(-c3nn([C@H]4CCNC4)c4ncnc(N)c34)cc2)c1.Cc1cccc(NC(=O)Nc2ccc(-c3nn([C@H]4CCOC4)c4ncnc(N)c34)cc2)c1. The predicted molar refractivity (Wildman–Crippen MR) is 493 cm³/mol. The van der Waals surface area contributed by atoms with Crippen LogP contribution in [0.5, 0.6) is 0 Å². The number of aryl methyl sites for hydroxylation is 5. The Morgan fingerprint density at radius 2 is 0.661 bits per heavy atom. The molecule has 8 amide bonds. The van der Waals surface area contributed by atoms with E-state index in [1.165, 1.54) is 25.3 Å². The maximum Gasteiger partial charge on any atom is 0.323 e. The zero-order valence-corrected chi connectivity index (χ0v) is 69.9. The van der Waals surface area contributed by atoms with Gasteiger partial charge in [0.15, 0.2) is 22.6 Å². The largest absolute Gasteiger partial charge is 0.396 e. The first kappa shape index (κ1) is 84.7. The quantitative estimate of drug-likeness (QED) is 0.0379. The van der Waals surface area contributed by atoms with Gasteiger partial charge in [-0.3, -0.25) is 0 Å². The molecule has 3 saturated heterocycles. The van der Waals surface area contributed by atoms with Gasteiger partial charge in [-0.25, -0.2) is 77.8 Å². The van der Waals surface area contributed by atoms with E-state index in [4.69, 9.17) is 52.8 Å². The lowest BCUT2D eigenvalue weighted by atomic mass is 10.1. The second-order valence-electron chi connectivity index (χ2n) is 30.6. The summed E-state index contributed by atoms with van der Waals surface area (Å²) in [5.41, 5.74) is 43.5. The average Bonchev–Trinajstić information content (AvgIpc) is 1.64. The molecular formula is C91H93N29O7. The number of hydrogen-bond donors (Lipinski definition) is 14. The second kappa shape index (κ2) is 38.7. The van der Waals surface area contributed by atoms with E-state index in [0.29, 0.717) is 125 Å². The number of aliphatic hydroxyl groups is 1. The van der Waals surface area contributed by atoms with E-state index in [1.807, 2.05) is 224 Å². The van der Waals surface area contributed by atoms with Crippen molar-refractivity contribution < 1.29 is 33.8 Å². The van der Waals surface area contributed by atoms with E-state index in [1.54, 1.807) is 16.8 Å². The Hall–Kier alpha value is -15.9. The standard InChI is InChI=1S/C23H24N8O.2C23H23N7O2.C22H23N7O2/c1-14-3-2-4-17(11-14)29-23(32)28-16-7-5-15(6-8-16)20-19-21(24)26-13-27-22(19)31(30-20)18-9-10-25-12-18;2*1-14-3-2-4-17(11-14)28-23(31)27-16-7-5-15(6-8-16)20-19-21(24)25-13-26-22(19)30(29-20)18-9-10-32-12-18;1-14-4-2-5-17(12-14)27-22(31)26-16-8-6-15(7-9-16)19-18-20(23)24-13-25-21(18)29(28-19)10-3-11-30/h2-8,11,13,18,25H,9-10,12H2,1H3,(H2,24,26,27)(H2,28,29,32);2*2-8,11,13,18H,9-10,12H2,1H3,(H2,24,25,26)(H2,27,28,31);2,4-9,12-13,30H,3,10-11H2,1H3,(H2,23,24,25)(H2,26,27,31)/t2*18-;;/m00../s1. The van der Waals surface area contributed by atoms with Gasteiger partial charge in [0.25, 0.3) is 0 Å². The Balaban J connectivity index is 0.000000125. The number of carbonyl (C=O) groups is 4. The lowest BCUT2D eigenvalue weighted by molar-refractivity contribution is 0.185. The molecule has 0 bridgehead atoms. The maximum absolute atomic E-state index is 12.3. The summed E-state index contributed by atoms with van der Waals surface area (Å²) >= 11 is 0. The highest BCUT2D eigenvalue weighted by Crippen LogP contribution is 2.39. The molecule has 18 N–H and O–H groups in total. The molecule has 19 rings (SSSR count). The summed E-state index contributed by atoms with van der Waals surface area (Å²) in [6, 6.07) is 59.4. The van der Waals surface area contributed by atoms with Gasteiger partial charge in [0.2, 0.25) is 0 Å². The number of aromatic nitrogens is 16. The van der Waals surface area contributed by atoms with Crippen LogP contribution in [0.15, 0.2) is 219 Å². The van der Waals surface area contributed by atoms with Crippen LogP contribution in [0.25, 0.3) is 89.2 Å². The number of nitrogens with one attached hydrogen (secondary N) is 9. The van der Waals surface area contributed by atoms with Crippen molar-refractivity contribution in [2.45, 2.75) is 78.0 Å². The van der Waals surface area contributed by atoms with Gasteiger partial charge in [-0.1, -0.05) is 97.1 Å². The molecule has 36 nitrogen and oxygen atoms in total. The minimum absolute atomic E-state index is 0.0578. The van der Waals surface area contributed by atoms with Crippen molar-refractivity contribution in [2.24, 2.45) is 0 Å². The molecule has 3 atom stereocenters. The van der Waals surface area contributed by atoms with Gasteiger partial charge in [-0.2, -0.15) is 20.4 Å². The van der Waals surface area contributed by atoms with Crippen molar-refractivity contribution >= 4 is 137 Å². The van der Waals surface area contributed by atoms with Gasteiger partial charge >= 0.3 is 24.1 Å². The minimum atomic E-state index is -0.324. The van der Waals surface area contributed by atoms with Crippen LogP contribution in [-0.4, -0.2) is 154 Å². The van der Waals surface area contributed by atoms with Crippen molar-refractivity contribution in [3.63, 3.8) is 0 Å². The smallest absolute Gasteiger partial charge is 0.323 e. The van der Waals surface area contributed by atoms with Crippen LogP contribution in [0.1, 0.15) is 66.1 Å². The zero-order chi connectivity index (χ0) is 88.0. The number of fused-ring (bicyclic) bond motifs is 4. The number of benzene rings is 8. The van der Waals surface area contributed by atoms with Gasteiger partial charge in [0.05, 0.1) is 52.9 Å². The molecule has 16 aromatic rings. The second-order valence-corrected chi connectivity index (χ2v) is 30.6. The molecular weight excluding hydrogens is 1610 g/mol. The van der Waals surface area contributed by atoms with Crippen LogP contribution in [0.2, 0.25) is 0 Å². The number of hydrogen-bond acceptors (Lipinski definition) is 24. The zero-order valence-electron chi connectivity index (χ0n) is 69.9. The summed E-state index contributed by atoms with van der Waals surface area (Å²) in [6.07, 6.45) is 9.07. The first-order valence-corrected chi connectivity index (χ1v) is 41.2. The van der Waals surface area contributed by atoms with Crippen LogP contribution >= 0.6 is 0 Å². The van der Waals surface area contributed by atoms with E-state index < -0.39 is 0 Å². The van der Waals surface area contributed by atoms with Crippen molar-refractivity contribution in [1.29, 1.82) is 0 Å². The lowest BCUT2D eigenvalue weighted by Gasteiger charge is -2.09. The first-order chi connectivity index (χ1) is 61.8. The highest BCUT2D eigenvalue weighted by atomic mass is 16.5. The fourth-order valence-corrected chi connectivity index (χ4v) is 15.2. The highest BCUT2D eigenvalue weighted by Gasteiger charge is 2.29. The lowest BCUT2D eigenvalue weighted by Crippen LogP contribution is -2.19. The summed E-state index contributed by atoms with van der Waals surface area (Å²) in [5, 5.41) is 57.2. The van der Waals surface area contributed by atoms with E-state index in [2.05, 4.69) is 92.8 Å². The molecule has 8 aromatic heterocycles. The Morgan fingerprint density at radius 3 is 0.945 bits per heavy atom. The van der Waals surface area contributed by atoms with Crippen molar-refractivity contribution in [3.8, 4) is 45.0 Å². The summed E-state index contributed by atoms with van der Waals surface area (Å²) in [5.74, 6) is 1.52. The van der Waals surface area contributed by atoms with Crippen LogP contribution in [0, 0.1) is 27.7 Å². The molecule has 0 spiro atoms. The third-order valence-electron chi connectivity index (χ3n) is 21.3. The number of anilines is 12. The first-order valence-electron chi connectivity index (χ1n) is 41.2. The van der Waals surface area contributed by atoms with Gasteiger partial charge < -0.3 is 85.4 Å². The molecule has 11 heterocycles. The molecule has 3 aliphatic rings. The molecule has 644 valence electrons. The number of rotatable bonds is 18. The number of aliphatic hydroxyl groups excluding tert-OH is 1. The molecule has 1 unspecified atom stereocenters. The van der Waals surface area contributed by atoms with Crippen LogP contribution < -0.4 is 70.8 Å². The number of ether oxygens (including phenoxy) is 2. The minimum Gasteiger partial charge on any atom is -0.396 e. The van der Waals surface area contributed by atoms with Gasteiger partial charge in [0.1, 0.15) is 71.4 Å². The molecule has 36 heteroatoms.